The van der Waals surface area contributed by atoms with Gasteiger partial charge in [-0.05, 0) is 44.5 Å². The van der Waals surface area contributed by atoms with Gasteiger partial charge in [-0.3, -0.25) is 4.79 Å². The molecule has 4 rings (SSSR count). The standard InChI is InChI=1S/C26H27ClF2N4O3/c1-5-10-36-26-30-24-16(11-17(27)21(23(24)29)22-18(28)8-7-9-19(22)34)25(31-26)33-13-14(3)32(12-15(33)4)20(35)6-2/h6-9,11,14-15,34H,2,5,10,12-13H2,1,3-4H3/t14-,15+/m1/s1. The Morgan fingerprint density at radius 1 is 1.25 bits per heavy atom. The van der Waals surface area contributed by atoms with Gasteiger partial charge in [0.2, 0.25) is 5.91 Å². The minimum atomic E-state index is -0.899. The molecule has 0 aliphatic carbocycles. The number of aromatic hydroxyl groups is 1. The fourth-order valence-corrected chi connectivity index (χ4v) is 4.76. The van der Waals surface area contributed by atoms with Crippen molar-refractivity contribution < 1.29 is 23.4 Å². The molecule has 2 aromatic carbocycles. The third kappa shape index (κ3) is 4.55. The third-order valence-corrected chi connectivity index (χ3v) is 6.53. The quantitative estimate of drug-likeness (QED) is 0.446. The smallest absolute Gasteiger partial charge is 0.319 e. The molecule has 190 valence electrons. The zero-order valence-corrected chi connectivity index (χ0v) is 21.0. The number of phenolic OH excluding ortho intramolecular Hbond substituents is 1. The van der Waals surface area contributed by atoms with Crippen LogP contribution in [0.25, 0.3) is 22.0 Å². The predicted octanol–water partition coefficient (Wildman–Crippen LogP) is 5.33. The van der Waals surface area contributed by atoms with E-state index in [9.17, 15) is 14.3 Å². The van der Waals surface area contributed by atoms with Gasteiger partial charge >= 0.3 is 6.01 Å². The molecule has 0 spiro atoms. The number of carbonyl (C=O) groups excluding carboxylic acids is 1. The lowest BCUT2D eigenvalue weighted by molar-refractivity contribution is -0.128. The third-order valence-electron chi connectivity index (χ3n) is 6.23. The van der Waals surface area contributed by atoms with Crippen molar-refractivity contribution in [2.75, 3.05) is 24.6 Å². The number of rotatable bonds is 6. The molecular weight excluding hydrogens is 490 g/mol. The van der Waals surface area contributed by atoms with Crippen molar-refractivity contribution >= 4 is 34.2 Å². The molecule has 1 fully saturated rings. The van der Waals surface area contributed by atoms with Crippen molar-refractivity contribution in [3.05, 3.63) is 53.6 Å². The molecule has 1 aromatic heterocycles. The maximum Gasteiger partial charge on any atom is 0.319 e. The lowest BCUT2D eigenvalue weighted by Gasteiger charge is -2.44. The van der Waals surface area contributed by atoms with E-state index < -0.39 is 17.4 Å². The molecule has 36 heavy (non-hydrogen) atoms. The van der Waals surface area contributed by atoms with Crippen molar-refractivity contribution in [2.45, 2.75) is 39.3 Å². The van der Waals surface area contributed by atoms with Gasteiger partial charge in [0.1, 0.15) is 22.9 Å². The van der Waals surface area contributed by atoms with Gasteiger partial charge in [-0.25, -0.2) is 8.78 Å². The van der Waals surface area contributed by atoms with Crippen LogP contribution >= 0.6 is 11.6 Å². The van der Waals surface area contributed by atoms with E-state index in [1.54, 1.807) is 4.90 Å². The van der Waals surface area contributed by atoms with E-state index in [4.69, 9.17) is 16.3 Å². The Kier molecular flexibility index (Phi) is 7.31. The normalized spacial score (nSPS) is 17.9. The van der Waals surface area contributed by atoms with E-state index in [0.717, 1.165) is 6.07 Å². The molecule has 1 saturated heterocycles. The van der Waals surface area contributed by atoms with Crippen molar-refractivity contribution in [1.29, 1.82) is 0 Å². The highest BCUT2D eigenvalue weighted by atomic mass is 35.5. The lowest BCUT2D eigenvalue weighted by atomic mass is 10.0. The first-order valence-corrected chi connectivity index (χ1v) is 12.1. The zero-order chi connectivity index (χ0) is 26.1. The number of amides is 1. The number of halogens is 3. The van der Waals surface area contributed by atoms with Crippen LogP contribution in [0.2, 0.25) is 5.02 Å². The topological polar surface area (TPSA) is 78.8 Å². The number of hydrogen-bond donors (Lipinski definition) is 1. The summed E-state index contributed by atoms with van der Waals surface area (Å²) >= 11 is 6.48. The second-order valence-electron chi connectivity index (χ2n) is 8.80. The second kappa shape index (κ2) is 10.3. The number of anilines is 1. The Morgan fingerprint density at radius 3 is 2.67 bits per heavy atom. The predicted molar refractivity (Wildman–Crippen MR) is 136 cm³/mol. The Labute approximate surface area is 213 Å². The molecule has 7 nitrogen and oxygen atoms in total. The van der Waals surface area contributed by atoms with Gasteiger partial charge < -0.3 is 19.6 Å². The maximum atomic E-state index is 16.0. The van der Waals surface area contributed by atoms with Crippen LogP contribution in [0.15, 0.2) is 36.9 Å². The van der Waals surface area contributed by atoms with E-state index in [-0.39, 0.29) is 45.7 Å². The average molecular weight is 517 g/mol. The van der Waals surface area contributed by atoms with Crippen LogP contribution in [0.1, 0.15) is 27.2 Å². The number of ether oxygens (including phenoxy) is 1. The number of fused-ring (bicyclic) bond motifs is 1. The molecule has 2 heterocycles. The molecule has 1 aliphatic rings. The summed E-state index contributed by atoms with van der Waals surface area (Å²) in [4.78, 5) is 24.8. The Morgan fingerprint density at radius 2 is 2.00 bits per heavy atom. The van der Waals surface area contributed by atoms with Gasteiger partial charge in [-0.2, -0.15) is 9.97 Å². The van der Waals surface area contributed by atoms with Gasteiger partial charge in [0.05, 0.1) is 17.2 Å². The lowest BCUT2D eigenvalue weighted by Crippen LogP contribution is -2.58. The molecular formula is C26H27ClF2N4O3. The number of nitrogens with zero attached hydrogens (tertiary/aromatic N) is 4. The highest BCUT2D eigenvalue weighted by molar-refractivity contribution is 6.34. The number of benzene rings is 2. The fraction of sp³-hybridized carbons (Fsp3) is 0.346. The summed E-state index contributed by atoms with van der Waals surface area (Å²) in [5.74, 6) is -1.95. The number of carbonyl (C=O) groups is 1. The molecule has 2 atom stereocenters. The van der Waals surface area contributed by atoms with Gasteiger partial charge in [-0.15, -0.1) is 0 Å². The number of hydrogen-bond acceptors (Lipinski definition) is 6. The first-order chi connectivity index (χ1) is 17.2. The molecule has 0 bridgehead atoms. The summed E-state index contributed by atoms with van der Waals surface area (Å²) in [5, 5.41) is 10.5. The van der Waals surface area contributed by atoms with Crippen molar-refractivity contribution in [2.24, 2.45) is 0 Å². The van der Waals surface area contributed by atoms with Gasteiger partial charge in [0.25, 0.3) is 0 Å². The minimum absolute atomic E-state index is 0.0336. The van der Waals surface area contributed by atoms with Gasteiger partial charge in [-0.1, -0.05) is 31.2 Å². The molecule has 1 aliphatic heterocycles. The zero-order valence-electron chi connectivity index (χ0n) is 20.3. The summed E-state index contributed by atoms with van der Waals surface area (Å²) in [6, 6.07) is 4.77. The van der Waals surface area contributed by atoms with Crippen LogP contribution in [-0.2, 0) is 4.79 Å². The van der Waals surface area contributed by atoms with Crippen molar-refractivity contribution in [3.63, 3.8) is 0 Å². The van der Waals surface area contributed by atoms with Crippen LogP contribution in [0.4, 0.5) is 14.6 Å². The first kappa shape index (κ1) is 25.6. The summed E-state index contributed by atoms with van der Waals surface area (Å²) < 4.78 is 36.3. The summed E-state index contributed by atoms with van der Waals surface area (Å²) in [5.41, 5.74) is -0.761. The molecule has 1 amide bonds. The van der Waals surface area contributed by atoms with Gasteiger partial charge in [0.15, 0.2) is 5.82 Å². The molecule has 0 unspecified atom stereocenters. The molecule has 0 radical (unpaired) electrons. The average Bonchev–Trinajstić information content (AvgIpc) is 2.85. The highest BCUT2D eigenvalue weighted by Gasteiger charge is 2.34. The van der Waals surface area contributed by atoms with Crippen molar-refractivity contribution in [1.82, 2.24) is 14.9 Å². The summed E-state index contributed by atoms with van der Waals surface area (Å²) in [7, 11) is 0. The van der Waals surface area contributed by atoms with Crippen molar-refractivity contribution in [3.8, 4) is 22.9 Å². The SMILES string of the molecule is C=CC(=O)N1C[C@H](C)N(c2nc(OCCC)nc3c(F)c(-c4c(O)cccc4F)c(Cl)cc23)C[C@H]1C. The van der Waals surface area contributed by atoms with Crippen LogP contribution in [-0.4, -0.2) is 57.7 Å². The van der Waals surface area contributed by atoms with E-state index >= 15 is 4.39 Å². The van der Waals surface area contributed by atoms with E-state index in [2.05, 4.69) is 16.5 Å². The Hall–Kier alpha value is -3.46. The molecule has 0 saturated carbocycles. The van der Waals surface area contributed by atoms with Gasteiger partial charge in [0, 0.05) is 36.1 Å². The minimum Gasteiger partial charge on any atom is -0.507 e. The molecule has 3 aromatic rings. The number of piperazine rings is 1. The van der Waals surface area contributed by atoms with Crippen LogP contribution < -0.4 is 9.64 Å². The van der Waals surface area contributed by atoms with Crippen LogP contribution in [0, 0.1) is 11.6 Å². The first-order valence-electron chi connectivity index (χ1n) is 11.7. The van der Waals surface area contributed by atoms with Crippen LogP contribution in [0.5, 0.6) is 11.8 Å². The van der Waals surface area contributed by atoms with E-state index in [1.807, 2.05) is 25.7 Å². The van der Waals surface area contributed by atoms with E-state index in [0.29, 0.717) is 37.3 Å². The Bertz CT molecular complexity index is 1320. The number of aromatic nitrogens is 2. The largest absolute Gasteiger partial charge is 0.507 e. The summed E-state index contributed by atoms with van der Waals surface area (Å²) in [6.45, 7) is 10.5. The number of phenols is 1. The summed E-state index contributed by atoms with van der Waals surface area (Å²) in [6.07, 6.45) is 1.97. The highest BCUT2D eigenvalue weighted by Crippen LogP contribution is 2.43. The molecule has 10 heteroatoms. The van der Waals surface area contributed by atoms with Crippen LogP contribution in [0.3, 0.4) is 0 Å². The maximum absolute atomic E-state index is 16.0. The Balaban J connectivity index is 1.92. The molecule has 1 N–H and O–H groups in total. The fourth-order valence-electron chi connectivity index (χ4n) is 4.47. The monoisotopic (exact) mass is 516 g/mol. The second-order valence-corrected chi connectivity index (χ2v) is 9.21. The van der Waals surface area contributed by atoms with E-state index in [1.165, 1.54) is 24.3 Å².